The Morgan fingerprint density at radius 1 is 0.711 bits per heavy atom. The molecule has 3 rings (SSSR count). The zero-order valence-electron chi connectivity index (χ0n) is 25.4. The van der Waals surface area contributed by atoms with Crippen molar-refractivity contribution in [3.8, 4) is 5.75 Å². The SMILES string of the molecule is CC(C)(C)C1=CC(=Nc2ccccc2Nc2cc(C(C)(C)C)cc(C(C)(C)C)c2O)C(=O)C(C(C)(C)C)=C1. The second-order valence-electron chi connectivity index (χ2n) is 14.5. The minimum atomic E-state index is -0.303. The minimum absolute atomic E-state index is 0.0482. The molecule has 0 amide bonds. The van der Waals surface area contributed by atoms with Gasteiger partial charge in [-0.2, -0.15) is 0 Å². The summed E-state index contributed by atoms with van der Waals surface area (Å²) in [5, 5.41) is 14.8. The molecule has 0 radical (unpaired) electrons. The topological polar surface area (TPSA) is 61.7 Å². The largest absolute Gasteiger partial charge is 0.505 e. The second-order valence-corrected chi connectivity index (χ2v) is 14.5. The number of benzene rings is 2. The lowest BCUT2D eigenvalue weighted by molar-refractivity contribution is -0.110. The molecule has 38 heavy (non-hydrogen) atoms. The third-order valence-corrected chi connectivity index (χ3v) is 6.94. The van der Waals surface area contributed by atoms with Gasteiger partial charge in [-0.25, -0.2) is 4.99 Å². The summed E-state index contributed by atoms with van der Waals surface area (Å²) in [6.07, 6.45) is 3.96. The Balaban J connectivity index is 2.17. The molecule has 4 heteroatoms. The van der Waals surface area contributed by atoms with Crippen LogP contribution in [-0.2, 0) is 15.6 Å². The summed E-state index contributed by atoms with van der Waals surface area (Å²) in [6.45, 7) is 25.5. The van der Waals surface area contributed by atoms with E-state index in [1.165, 1.54) is 0 Å². The van der Waals surface area contributed by atoms with Crippen molar-refractivity contribution in [1.82, 2.24) is 0 Å². The summed E-state index contributed by atoms with van der Waals surface area (Å²) in [6, 6.07) is 11.8. The highest BCUT2D eigenvalue weighted by molar-refractivity contribution is 6.51. The number of carbonyl (C=O) groups excluding carboxylic acids is 1. The minimum Gasteiger partial charge on any atom is -0.505 e. The average molecular weight is 515 g/mol. The molecule has 2 N–H and O–H groups in total. The lowest BCUT2D eigenvalue weighted by Gasteiger charge is -2.30. The molecule has 1 aliphatic rings. The van der Waals surface area contributed by atoms with Crippen LogP contribution in [0.4, 0.5) is 17.1 Å². The van der Waals surface area contributed by atoms with E-state index < -0.39 is 0 Å². The van der Waals surface area contributed by atoms with Crippen molar-refractivity contribution >= 4 is 28.6 Å². The van der Waals surface area contributed by atoms with Crippen molar-refractivity contribution < 1.29 is 9.90 Å². The number of hydrogen-bond acceptors (Lipinski definition) is 4. The third kappa shape index (κ3) is 6.46. The van der Waals surface area contributed by atoms with Crippen LogP contribution in [0.1, 0.15) is 94.2 Å². The number of nitrogens with zero attached hydrogens (tertiary/aromatic N) is 1. The molecule has 0 heterocycles. The first kappa shape index (κ1) is 29.4. The molecular formula is C34H46N2O2. The Kier molecular flexibility index (Phi) is 7.64. The quantitative estimate of drug-likeness (QED) is 0.317. The van der Waals surface area contributed by atoms with Crippen LogP contribution in [-0.4, -0.2) is 16.6 Å². The number of carbonyl (C=O) groups is 1. The first-order valence-electron chi connectivity index (χ1n) is 13.5. The highest BCUT2D eigenvalue weighted by Gasteiger charge is 2.32. The maximum Gasteiger partial charge on any atom is 0.207 e. The van der Waals surface area contributed by atoms with E-state index >= 15 is 0 Å². The van der Waals surface area contributed by atoms with E-state index in [9.17, 15) is 9.90 Å². The fourth-order valence-electron chi connectivity index (χ4n) is 4.37. The van der Waals surface area contributed by atoms with Crippen molar-refractivity contribution in [1.29, 1.82) is 0 Å². The van der Waals surface area contributed by atoms with E-state index in [-0.39, 0.29) is 33.2 Å². The van der Waals surface area contributed by atoms with Crippen LogP contribution >= 0.6 is 0 Å². The zero-order chi connectivity index (χ0) is 28.8. The van der Waals surface area contributed by atoms with Gasteiger partial charge in [0, 0.05) is 11.1 Å². The summed E-state index contributed by atoms with van der Waals surface area (Å²) >= 11 is 0. The number of aromatic hydroxyl groups is 1. The lowest BCUT2D eigenvalue weighted by Crippen LogP contribution is -2.29. The van der Waals surface area contributed by atoms with Gasteiger partial charge < -0.3 is 10.4 Å². The number of anilines is 2. The smallest absolute Gasteiger partial charge is 0.207 e. The number of allylic oxidation sites excluding steroid dienone is 4. The zero-order valence-corrected chi connectivity index (χ0v) is 25.4. The average Bonchev–Trinajstić information content (AvgIpc) is 2.74. The Hall–Kier alpha value is -3.14. The summed E-state index contributed by atoms with van der Waals surface area (Å²) in [7, 11) is 0. The summed E-state index contributed by atoms with van der Waals surface area (Å²) in [4.78, 5) is 18.5. The number of para-hydroxylation sites is 2. The number of phenolic OH excluding ortho intramolecular Hbond substituents is 1. The van der Waals surface area contributed by atoms with Crippen molar-refractivity contribution in [2.75, 3.05) is 5.32 Å². The van der Waals surface area contributed by atoms with Gasteiger partial charge >= 0.3 is 0 Å². The van der Waals surface area contributed by atoms with Crippen molar-refractivity contribution in [2.45, 2.75) is 93.9 Å². The van der Waals surface area contributed by atoms with Gasteiger partial charge in [-0.3, -0.25) is 4.79 Å². The Bertz CT molecular complexity index is 1330. The number of nitrogens with one attached hydrogen (secondary N) is 1. The van der Waals surface area contributed by atoms with Gasteiger partial charge in [0.2, 0.25) is 5.78 Å². The van der Waals surface area contributed by atoms with Crippen LogP contribution < -0.4 is 5.32 Å². The predicted octanol–water partition coefficient (Wildman–Crippen LogP) is 9.33. The Morgan fingerprint density at radius 3 is 1.84 bits per heavy atom. The summed E-state index contributed by atoms with van der Waals surface area (Å²) < 4.78 is 0. The molecule has 0 fully saturated rings. The number of hydrogen-bond donors (Lipinski definition) is 2. The summed E-state index contributed by atoms with van der Waals surface area (Å²) in [5.74, 6) is 0.183. The van der Waals surface area contributed by atoms with Crippen LogP contribution in [0.25, 0.3) is 0 Å². The molecule has 2 aromatic carbocycles. The Labute approximate surface area is 230 Å². The van der Waals surface area contributed by atoms with Gasteiger partial charge in [-0.1, -0.05) is 107 Å². The van der Waals surface area contributed by atoms with Crippen molar-refractivity contribution in [3.63, 3.8) is 0 Å². The first-order chi connectivity index (χ1) is 17.2. The van der Waals surface area contributed by atoms with Crippen LogP contribution in [0.2, 0.25) is 0 Å². The normalized spacial score (nSPS) is 16.4. The van der Waals surface area contributed by atoms with Gasteiger partial charge in [-0.15, -0.1) is 0 Å². The van der Waals surface area contributed by atoms with E-state index in [1.807, 2.05) is 42.5 Å². The van der Waals surface area contributed by atoms with Crippen molar-refractivity contribution in [2.24, 2.45) is 15.8 Å². The molecule has 204 valence electrons. The molecule has 0 saturated heterocycles. The number of phenols is 1. The third-order valence-electron chi connectivity index (χ3n) is 6.94. The predicted molar refractivity (Wildman–Crippen MR) is 162 cm³/mol. The molecule has 0 spiro atoms. The number of Topliss-reactive ketones (excluding diaryl/α,β-unsaturated/α-hetero) is 1. The van der Waals surface area contributed by atoms with Gasteiger partial charge in [0.1, 0.15) is 11.5 Å². The van der Waals surface area contributed by atoms with Crippen LogP contribution in [0.3, 0.4) is 0 Å². The number of rotatable bonds is 3. The molecule has 1 aliphatic carbocycles. The standard InChI is InChI=1S/C34H46N2O2/c1-31(2,3)21-17-23(33(7,8)9)29(37)27(19-21)35-25-15-13-14-16-26(25)36-28-20-22(32(4,5)6)18-24(30(28)38)34(10,11)12/h13-20,35,37H,1-12H3. The first-order valence-corrected chi connectivity index (χ1v) is 13.5. The van der Waals surface area contributed by atoms with Gasteiger partial charge in [0.15, 0.2) is 0 Å². The molecule has 2 aromatic rings. The fraction of sp³-hybridized carbons (Fsp3) is 0.471. The molecule has 0 aliphatic heterocycles. The molecular weight excluding hydrogens is 468 g/mol. The maximum absolute atomic E-state index is 13.6. The molecule has 0 aromatic heterocycles. The van der Waals surface area contributed by atoms with E-state index in [0.29, 0.717) is 17.1 Å². The number of aliphatic imine (C=N–C) groups is 1. The second kappa shape index (κ2) is 9.87. The Morgan fingerprint density at radius 2 is 1.32 bits per heavy atom. The van der Waals surface area contributed by atoms with E-state index in [1.54, 1.807) is 0 Å². The molecule has 0 saturated carbocycles. The molecule has 0 atom stereocenters. The maximum atomic E-state index is 13.6. The highest BCUT2D eigenvalue weighted by Crippen LogP contribution is 2.43. The lowest BCUT2D eigenvalue weighted by atomic mass is 9.74. The highest BCUT2D eigenvalue weighted by atomic mass is 16.3. The molecule has 4 nitrogen and oxygen atoms in total. The van der Waals surface area contributed by atoms with Crippen molar-refractivity contribution in [3.05, 3.63) is 70.8 Å². The van der Waals surface area contributed by atoms with E-state index in [4.69, 9.17) is 4.99 Å². The van der Waals surface area contributed by atoms with E-state index in [0.717, 1.165) is 28.0 Å². The monoisotopic (exact) mass is 514 g/mol. The van der Waals surface area contributed by atoms with E-state index in [2.05, 4.69) is 94.5 Å². The summed E-state index contributed by atoms with van der Waals surface area (Å²) in [5.41, 5.74) is 5.54. The van der Waals surface area contributed by atoms with Gasteiger partial charge in [-0.05, 0) is 57.1 Å². The molecule has 0 bridgehead atoms. The van der Waals surface area contributed by atoms with Crippen LogP contribution in [0, 0.1) is 10.8 Å². The van der Waals surface area contributed by atoms with Gasteiger partial charge in [0.25, 0.3) is 0 Å². The fourth-order valence-corrected chi connectivity index (χ4v) is 4.37. The molecule has 0 unspecified atom stereocenters. The van der Waals surface area contributed by atoms with Gasteiger partial charge in [0.05, 0.1) is 17.1 Å². The van der Waals surface area contributed by atoms with Crippen LogP contribution in [0.5, 0.6) is 5.75 Å². The van der Waals surface area contributed by atoms with Crippen LogP contribution in [0.15, 0.2) is 64.7 Å². The number of ketones is 1.